The minimum Gasteiger partial charge on any atom is -0.497 e. The number of ether oxygens (including phenoxy) is 2. The molecule has 168 valence electrons. The Labute approximate surface area is 194 Å². The Morgan fingerprint density at radius 2 is 0.939 bits per heavy atom. The summed E-state index contributed by atoms with van der Waals surface area (Å²) in [6.07, 6.45) is 4.72. The van der Waals surface area contributed by atoms with Crippen molar-refractivity contribution in [2.45, 2.75) is 6.42 Å². The molecule has 0 bridgehead atoms. The summed E-state index contributed by atoms with van der Waals surface area (Å²) in [5, 5.41) is 6.73. The minimum absolute atomic E-state index is 0.825. The molecule has 0 saturated carbocycles. The van der Waals surface area contributed by atoms with Crippen LogP contribution in [0.3, 0.4) is 0 Å². The van der Waals surface area contributed by atoms with Crippen molar-refractivity contribution in [1.29, 1.82) is 0 Å². The van der Waals surface area contributed by atoms with Crippen LogP contribution in [-0.2, 0) is 0 Å². The number of methoxy groups -OCH3 is 2. The number of benzene rings is 2. The molecule has 6 nitrogen and oxygen atoms in total. The third kappa shape index (κ3) is 6.01. The van der Waals surface area contributed by atoms with Gasteiger partial charge in [0.25, 0.3) is 0 Å². The van der Waals surface area contributed by atoms with Crippen molar-refractivity contribution in [3.63, 3.8) is 0 Å². The predicted octanol–water partition coefficient (Wildman–Crippen LogP) is 5.74. The predicted molar refractivity (Wildman–Crippen MR) is 134 cm³/mol. The van der Waals surface area contributed by atoms with Gasteiger partial charge in [0.05, 0.1) is 14.2 Å². The first-order chi connectivity index (χ1) is 16.2. The summed E-state index contributed by atoms with van der Waals surface area (Å²) >= 11 is 0. The van der Waals surface area contributed by atoms with Gasteiger partial charge in [-0.25, -0.2) is 9.97 Å². The summed E-state index contributed by atoms with van der Waals surface area (Å²) in [5.41, 5.74) is 4.39. The number of pyridine rings is 2. The normalized spacial score (nSPS) is 10.5. The second kappa shape index (κ2) is 11.0. The van der Waals surface area contributed by atoms with Gasteiger partial charge in [-0.05, 0) is 66.1 Å². The zero-order valence-corrected chi connectivity index (χ0v) is 18.9. The number of anilines is 2. The molecular formula is C27H28N4O2. The van der Waals surface area contributed by atoms with Crippen LogP contribution in [-0.4, -0.2) is 37.3 Å². The van der Waals surface area contributed by atoms with Gasteiger partial charge < -0.3 is 20.1 Å². The van der Waals surface area contributed by atoms with Gasteiger partial charge in [-0.3, -0.25) is 0 Å². The molecule has 0 atom stereocenters. The Morgan fingerprint density at radius 3 is 1.27 bits per heavy atom. The molecule has 2 heterocycles. The summed E-state index contributed by atoms with van der Waals surface area (Å²) in [4.78, 5) is 9.04. The first kappa shape index (κ1) is 22.1. The van der Waals surface area contributed by atoms with E-state index < -0.39 is 0 Å². The maximum atomic E-state index is 5.21. The summed E-state index contributed by atoms with van der Waals surface area (Å²) < 4.78 is 10.4. The molecule has 6 heteroatoms. The van der Waals surface area contributed by atoms with E-state index in [1.807, 2.05) is 73.1 Å². The summed E-state index contributed by atoms with van der Waals surface area (Å²) in [6, 6.07) is 24.1. The van der Waals surface area contributed by atoms with Crippen LogP contribution in [0.2, 0.25) is 0 Å². The highest BCUT2D eigenvalue weighted by molar-refractivity contribution is 5.65. The van der Waals surface area contributed by atoms with Crippen molar-refractivity contribution in [2.75, 3.05) is 37.9 Å². The summed E-state index contributed by atoms with van der Waals surface area (Å²) in [5.74, 6) is 3.44. The van der Waals surface area contributed by atoms with Crippen LogP contribution in [0, 0.1) is 0 Å². The molecule has 0 amide bonds. The molecule has 0 unspecified atom stereocenters. The van der Waals surface area contributed by atoms with Gasteiger partial charge in [0.15, 0.2) is 0 Å². The second-order valence-electron chi connectivity index (χ2n) is 7.53. The van der Waals surface area contributed by atoms with Crippen molar-refractivity contribution in [2.24, 2.45) is 0 Å². The summed E-state index contributed by atoms with van der Waals surface area (Å²) in [7, 11) is 3.34. The lowest BCUT2D eigenvalue weighted by Crippen LogP contribution is -2.10. The fourth-order valence-corrected chi connectivity index (χ4v) is 3.43. The fraction of sp³-hybridized carbons (Fsp3) is 0.185. The second-order valence-corrected chi connectivity index (χ2v) is 7.53. The van der Waals surface area contributed by atoms with E-state index in [1.165, 1.54) is 0 Å². The van der Waals surface area contributed by atoms with Crippen molar-refractivity contribution in [3.8, 4) is 33.8 Å². The van der Waals surface area contributed by atoms with Crippen LogP contribution in [0.5, 0.6) is 11.5 Å². The molecule has 4 aromatic rings. The quantitative estimate of drug-likeness (QED) is 0.306. The molecule has 0 aliphatic carbocycles. The highest BCUT2D eigenvalue weighted by Crippen LogP contribution is 2.23. The van der Waals surface area contributed by atoms with Gasteiger partial charge in [-0.1, -0.05) is 24.3 Å². The third-order valence-corrected chi connectivity index (χ3v) is 5.34. The van der Waals surface area contributed by atoms with Crippen molar-refractivity contribution in [3.05, 3.63) is 85.2 Å². The Bertz CT molecular complexity index is 1030. The van der Waals surface area contributed by atoms with E-state index in [0.717, 1.165) is 64.9 Å². The van der Waals surface area contributed by atoms with Gasteiger partial charge in [-0.15, -0.1) is 0 Å². The lowest BCUT2D eigenvalue weighted by atomic mass is 10.1. The molecule has 33 heavy (non-hydrogen) atoms. The minimum atomic E-state index is 0.825. The lowest BCUT2D eigenvalue weighted by Gasteiger charge is -2.09. The fourth-order valence-electron chi connectivity index (χ4n) is 3.43. The molecule has 2 N–H and O–H groups in total. The maximum absolute atomic E-state index is 5.21. The van der Waals surface area contributed by atoms with Crippen LogP contribution >= 0.6 is 0 Å². The Kier molecular flexibility index (Phi) is 7.38. The Balaban J connectivity index is 1.20. The van der Waals surface area contributed by atoms with Crippen LogP contribution in [0.1, 0.15) is 6.42 Å². The van der Waals surface area contributed by atoms with Crippen molar-refractivity contribution < 1.29 is 9.47 Å². The van der Waals surface area contributed by atoms with Gasteiger partial charge in [-0.2, -0.15) is 0 Å². The van der Waals surface area contributed by atoms with Crippen LogP contribution in [0.4, 0.5) is 11.6 Å². The van der Waals surface area contributed by atoms with E-state index in [2.05, 4.69) is 32.7 Å². The van der Waals surface area contributed by atoms with Gasteiger partial charge >= 0.3 is 0 Å². The molecule has 0 fully saturated rings. The van der Waals surface area contributed by atoms with E-state index in [0.29, 0.717) is 0 Å². The molecule has 0 spiro atoms. The number of nitrogens with zero attached hydrogens (tertiary/aromatic N) is 2. The Morgan fingerprint density at radius 1 is 0.545 bits per heavy atom. The smallest absolute Gasteiger partial charge is 0.125 e. The first-order valence-electron chi connectivity index (χ1n) is 10.9. The highest BCUT2D eigenvalue weighted by atomic mass is 16.5. The van der Waals surface area contributed by atoms with Gasteiger partial charge in [0.2, 0.25) is 0 Å². The SMILES string of the molecule is COc1ccc(-c2ccc(NCCCNc3ccc(-c4ccc(OC)cc4)cn3)nc2)cc1. The van der Waals surface area contributed by atoms with Crippen molar-refractivity contribution >= 4 is 11.6 Å². The van der Waals surface area contributed by atoms with E-state index in [9.17, 15) is 0 Å². The molecule has 0 saturated heterocycles. The average Bonchev–Trinajstić information content (AvgIpc) is 2.89. The number of nitrogens with one attached hydrogen (secondary N) is 2. The molecular weight excluding hydrogens is 412 g/mol. The first-order valence-corrected chi connectivity index (χ1v) is 10.9. The molecule has 2 aromatic heterocycles. The number of hydrogen-bond donors (Lipinski definition) is 2. The van der Waals surface area contributed by atoms with Crippen LogP contribution < -0.4 is 20.1 Å². The van der Waals surface area contributed by atoms with Crippen LogP contribution in [0.25, 0.3) is 22.3 Å². The number of rotatable bonds is 10. The Hall–Kier alpha value is -4.06. The van der Waals surface area contributed by atoms with E-state index >= 15 is 0 Å². The number of aromatic nitrogens is 2. The van der Waals surface area contributed by atoms with Gasteiger partial charge in [0.1, 0.15) is 23.1 Å². The van der Waals surface area contributed by atoms with Gasteiger partial charge in [0, 0.05) is 36.6 Å². The highest BCUT2D eigenvalue weighted by Gasteiger charge is 2.02. The molecule has 0 aliphatic rings. The molecule has 4 rings (SSSR count). The van der Waals surface area contributed by atoms with E-state index in [1.54, 1.807) is 14.2 Å². The number of hydrogen-bond acceptors (Lipinski definition) is 6. The lowest BCUT2D eigenvalue weighted by molar-refractivity contribution is 0.415. The molecule has 0 aliphatic heterocycles. The topological polar surface area (TPSA) is 68.3 Å². The summed E-state index contributed by atoms with van der Waals surface area (Å²) in [6.45, 7) is 1.65. The molecule has 2 aromatic carbocycles. The largest absolute Gasteiger partial charge is 0.497 e. The third-order valence-electron chi connectivity index (χ3n) is 5.34. The molecule has 0 radical (unpaired) electrons. The van der Waals surface area contributed by atoms with E-state index in [4.69, 9.17) is 9.47 Å². The maximum Gasteiger partial charge on any atom is 0.125 e. The van der Waals surface area contributed by atoms with Crippen molar-refractivity contribution in [1.82, 2.24) is 9.97 Å². The zero-order chi connectivity index (χ0) is 22.9. The zero-order valence-electron chi connectivity index (χ0n) is 18.9. The average molecular weight is 441 g/mol. The monoisotopic (exact) mass is 440 g/mol. The van der Waals surface area contributed by atoms with Crippen LogP contribution in [0.15, 0.2) is 85.2 Å². The standard InChI is InChI=1S/C27H28N4O2/c1-32-24-10-4-20(5-11-24)22-8-14-26(30-18-22)28-16-3-17-29-27-15-9-23(19-31-27)21-6-12-25(33-2)13-7-21/h4-15,18-19H,3,16-17H2,1-2H3,(H,28,30)(H,29,31). The van der Waals surface area contributed by atoms with E-state index in [-0.39, 0.29) is 0 Å².